The molecule has 0 bridgehead atoms. The van der Waals surface area contributed by atoms with E-state index in [0.29, 0.717) is 5.82 Å². The Labute approximate surface area is 149 Å². The number of carbonyl (C=O) groups is 1. The monoisotopic (exact) mass is 353 g/mol. The van der Waals surface area contributed by atoms with E-state index >= 15 is 0 Å². The van der Waals surface area contributed by atoms with Crippen molar-refractivity contribution in [2.45, 2.75) is 13.8 Å². The molecule has 6 heteroatoms. The highest BCUT2D eigenvalue weighted by Gasteiger charge is 2.10. The molecule has 26 heavy (non-hydrogen) atoms. The van der Waals surface area contributed by atoms with Crippen molar-refractivity contribution >= 4 is 23.1 Å². The van der Waals surface area contributed by atoms with Crippen LogP contribution in [-0.4, -0.2) is 10.9 Å². The molecule has 2 aromatic carbocycles. The van der Waals surface area contributed by atoms with Gasteiger partial charge in [-0.15, -0.1) is 0 Å². The quantitative estimate of drug-likeness (QED) is 0.696. The molecule has 1 aromatic heterocycles. The van der Waals surface area contributed by atoms with Crippen LogP contribution in [0.3, 0.4) is 0 Å². The van der Waals surface area contributed by atoms with Crippen molar-refractivity contribution in [2.24, 2.45) is 0 Å². The van der Waals surface area contributed by atoms with E-state index in [2.05, 4.69) is 15.6 Å². The van der Waals surface area contributed by atoms with Crippen LogP contribution in [0, 0.1) is 25.5 Å². The van der Waals surface area contributed by atoms with Crippen LogP contribution >= 0.6 is 0 Å². The van der Waals surface area contributed by atoms with Crippen LogP contribution in [0.15, 0.2) is 54.7 Å². The van der Waals surface area contributed by atoms with Crippen molar-refractivity contribution in [1.82, 2.24) is 4.98 Å². The van der Waals surface area contributed by atoms with Crippen LogP contribution in [0.5, 0.6) is 0 Å². The van der Waals surface area contributed by atoms with Gasteiger partial charge in [0.25, 0.3) is 5.91 Å². The predicted molar refractivity (Wildman–Crippen MR) is 97.7 cm³/mol. The minimum Gasteiger partial charge on any atom is -0.354 e. The molecular weight excluding hydrogens is 336 g/mol. The third-order valence-corrected chi connectivity index (χ3v) is 3.98. The Balaban J connectivity index is 1.68. The molecule has 0 spiro atoms. The lowest BCUT2D eigenvalue weighted by Gasteiger charge is -2.10. The maximum absolute atomic E-state index is 13.2. The average molecular weight is 353 g/mol. The molecule has 2 N–H and O–H groups in total. The number of nitrogens with one attached hydrogen (secondary N) is 2. The molecule has 0 aliphatic rings. The maximum atomic E-state index is 13.2. The number of rotatable bonds is 4. The van der Waals surface area contributed by atoms with Gasteiger partial charge in [0.1, 0.15) is 5.82 Å². The number of anilines is 3. The number of nitrogens with zero attached hydrogens (tertiary/aromatic N) is 1. The van der Waals surface area contributed by atoms with Crippen LogP contribution in [0.4, 0.5) is 26.0 Å². The molecule has 1 amide bonds. The van der Waals surface area contributed by atoms with Crippen LogP contribution < -0.4 is 10.6 Å². The van der Waals surface area contributed by atoms with Gasteiger partial charge in [-0.1, -0.05) is 6.07 Å². The number of benzene rings is 2. The molecule has 0 saturated carbocycles. The summed E-state index contributed by atoms with van der Waals surface area (Å²) in [5.74, 6) is -2.32. The van der Waals surface area contributed by atoms with E-state index in [4.69, 9.17) is 0 Å². The lowest BCUT2D eigenvalue weighted by atomic mass is 10.1. The minimum absolute atomic E-state index is 0.0167. The Hall–Kier alpha value is -3.28. The largest absolute Gasteiger partial charge is 0.354 e. The molecule has 3 rings (SSSR count). The van der Waals surface area contributed by atoms with Gasteiger partial charge < -0.3 is 10.6 Å². The maximum Gasteiger partial charge on any atom is 0.256 e. The van der Waals surface area contributed by atoms with E-state index in [0.717, 1.165) is 23.5 Å². The van der Waals surface area contributed by atoms with Crippen LogP contribution in [-0.2, 0) is 0 Å². The second kappa shape index (κ2) is 7.31. The van der Waals surface area contributed by atoms with E-state index in [-0.39, 0.29) is 5.56 Å². The summed E-state index contributed by atoms with van der Waals surface area (Å²) < 4.78 is 26.1. The molecule has 3 aromatic rings. The standard InChI is InChI=1S/C20H17F2N3O/c1-12-3-5-15(9-13(12)2)24-16-6-8-19(23-11-16)25-20(26)14-4-7-17(21)18(22)10-14/h3-11,24H,1-2H3,(H,23,25,26). The Bertz CT molecular complexity index is 956. The topological polar surface area (TPSA) is 54.0 Å². The average Bonchev–Trinajstić information content (AvgIpc) is 2.62. The second-order valence-corrected chi connectivity index (χ2v) is 5.94. The fraction of sp³-hybridized carbons (Fsp3) is 0.100. The van der Waals surface area contributed by atoms with Gasteiger partial charge in [-0.25, -0.2) is 13.8 Å². The smallest absolute Gasteiger partial charge is 0.256 e. The third-order valence-electron chi connectivity index (χ3n) is 3.98. The fourth-order valence-electron chi connectivity index (χ4n) is 2.35. The second-order valence-electron chi connectivity index (χ2n) is 5.94. The Morgan fingerprint density at radius 2 is 1.65 bits per heavy atom. The molecule has 1 heterocycles. The number of halogens is 2. The normalized spacial score (nSPS) is 10.5. The zero-order chi connectivity index (χ0) is 18.7. The summed E-state index contributed by atoms with van der Waals surface area (Å²) >= 11 is 0. The van der Waals surface area contributed by atoms with Gasteiger partial charge in [-0.2, -0.15) is 0 Å². The van der Waals surface area contributed by atoms with Crippen LogP contribution in [0.25, 0.3) is 0 Å². The van der Waals surface area contributed by atoms with E-state index in [1.165, 1.54) is 17.2 Å². The molecular formula is C20H17F2N3O. The Kier molecular flexibility index (Phi) is 4.93. The van der Waals surface area contributed by atoms with Gasteiger partial charge >= 0.3 is 0 Å². The first-order valence-corrected chi connectivity index (χ1v) is 7.99. The molecule has 0 atom stereocenters. The lowest BCUT2D eigenvalue weighted by Crippen LogP contribution is -2.13. The highest BCUT2D eigenvalue weighted by Crippen LogP contribution is 2.20. The van der Waals surface area contributed by atoms with E-state index in [9.17, 15) is 13.6 Å². The van der Waals surface area contributed by atoms with Gasteiger partial charge in [-0.05, 0) is 67.4 Å². The van der Waals surface area contributed by atoms with Crippen LogP contribution in [0.2, 0.25) is 0 Å². The number of hydrogen-bond donors (Lipinski definition) is 2. The van der Waals surface area contributed by atoms with Gasteiger partial charge in [0.2, 0.25) is 0 Å². The molecule has 4 nitrogen and oxygen atoms in total. The molecule has 0 aliphatic heterocycles. The molecule has 0 unspecified atom stereocenters. The van der Waals surface area contributed by atoms with Gasteiger partial charge in [0, 0.05) is 11.3 Å². The van der Waals surface area contributed by atoms with Crippen molar-refractivity contribution in [2.75, 3.05) is 10.6 Å². The van der Waals surface area contributed by atoms with Crippen LogP contribution in [0.1, 0.15) is 21.5 Å². The van der Waals surface area contributed by atoms with Gasteiger partial charge in [0.05, 0.1) is 11.9 Å². The van der Waals surface area contributed by atoms with Crippen molar-refractivity contribution in [3.63, 3.8) is 0 Å². The van der Waals surface area contributed by atoms with E-state index in [1.807, 2.05) is 32.0 Å². The summed E-state index contributed by atoms with van der Waals surface area (Å²) in [6.45, 7) is 4.08. The van der Waals surface area contributed by atoms with E-state index < -0.39 is 17.5 Å². The summed E-state index contributed by atoms with van der Waals surface area (Å²) in [5, 5.41) is 5.78. The first-order valence-electron chi connectivity index (χ1n) is 7.99. The van der Waals surface area contributed by atoms with Crippen molar-refractivity contribution in [1.29, 1.82) is 0 Å². The summed E-state index contributed by atoms with van der Waals surface area (Å²) in [4.78, 5) is 16.2. The van der Waals surface area contributed by atoms with Crippen molar-refractivity contribution in [3.8, 4) is 0 Å². The van der Waals surface area contributed by atoms with Gasteiger partial charge in [0.15, 0.2) is 11.6 Å². The summed E-state index contributed by atoms with van der Waals surface area (Å²) in [5.41, 5.74) is 4.11. The number of amides is 1. The number of aromatic nitrogens is 1. The zero-order valence-corrected chi connectivity index (χ0v) is 14.3. The number of carbonyl (C=O) groups excluding carboxylic acids is 1. The highest BCUT2D eigenvalue weighted by atomic mass is 19.2. The number of hydrogen-bond acceptors (Lipinski definition) is 3. The molecule has 0 radical (unpaired) electrons. The molecule has 0 aliphatic carbocycles. The summed E-state index contributed by atoms with van der Waals surface area (Å²) in [6, 6.07) is 12.4. The highest BCUT2D eigenvalue weighted by molar-refractivity contribution is 6.03. The van der Waals surface area contributed by atoms with E-state index in [1.54, 1.807) is 18.3 Å². The third kappa shape index (κ3) is 4.03. The lowest BCUT2D eigenvalue weighted by molar-refractivity contribution is 0.102. The summed E-state index contributed by atoms with van der Waals surface area (Å²) in [6.07, 6.45) is 1.58. The number of pyridine rings is 1. The molecule has 0 saturated heterocycles. The Morgan fingerprint density at radius 3 is 2.31 bits per heavy atom. The van der Waals surface area contributed by atoms with Crippen molar-refractivity contribution in [3.05, 3.63) is 83.1 Å². The molecule has 0 fully saturated rings. The predicted octanol–water partition coefficient (Wildman–Crippen LogP) is 4.97. The van der Waals surface area contributed by atoms with Crippen molar-refractivity contribution < 1.29 is 13.6 Å². The first kappa shape index (κ1) is 17.5. The Morgan fingerprint density at radius 1 is 0.885 bits per heavy atom. The fourth-order valence-corrected chi connectivity index (χ4v) is 2.35. The molecule has 132 valence electrons. The summed E-state index contributed by atoms with van der Waals surface area (Å²) in [7, 11) is 0. The first-order chi connectivity index (χ1) is 12.4. The number of aryl methyl sites for hydroxylation is 2. The minimum atomic E-state index is -1.07. The zero-order valence-electron chi connectivity index (χ0n) is 14.3. The SMILES string of the molecule is Cc1ccc(Nc2ccc(NC(=O)c3ccc(F)c(F)c3)nc2)cc1C. The van der Waals surface area contributed by atoms with Gasteiger partial charge in [-0.3, -0.25) is 4.79 Å².